The summed E-state index contributed by atoms with van der Waals surface area (Å²) in [5, 5.41) is 0. The summed E-state index contributed by atoms with van der Waals surface area (Å²) in [6.45, 7) is 11.4. The molecule has 58 valence electrons. The Balaban J connectivity index is 2.92. The van der Waals surface area contributed by atoms with Gasteiger partial charge in [-0.3, -0.25) is 0 Å². The van der Waals surface area contributed by atoms with Gasteiger partial charge in [0, 0.05) is 4.75 Å². The van der Waals surface area contributed by atoms with Gasteiger partial charge in [0.1, 0.15) is 0 Å². The summed E-state index contributed by atoms with van der Waals surface area (Å²) in [7, 11) is 0. The largest absolute Gasteiger partial charge is 0.124 e. The van der Waals surface area contributed by atoms with Crippen LogP contribution in [-0.2, 0) is 0 Å². The average Bonchev–Trinajstić information content (AvgIpc) is 1.73. The third-order valence-corrected chi connectivity index (χ3v) is 4.01. The summed E-state index contributed by atoms with van der Waals surface area (Å²) in [5.74, 6) is 0. The van der Waals surface area contributed by atoms with Crippen LogP contribution in [0.25, 0.3) is 0 Å². The molecule has 0 aliphatic carbocycles. The van der Waals surface area contributed by atoms with Crippen LogP contribution in [0.2, 0.25) is 0 Å². The number of hydrogen-bond donors (Lipinski definition) is 0. The van der Waals surface area contributed by atoms with Crippen LogP contribution in [0.3, 0.4) is 0 Å². The zero-order valence-corrected chi connectivity index (χ0v) is 8.30. The lowest BCUT2D eigenvalue weighted by Crippen LogP contribution is -2.30. The lowest BCUT2D eigenvalue weighted by molar-refractivity contribution is 0.381. The molecule has 0 spiro atoms. The molecular weight excluding hydrogens is 140 g/mol. The zero-order chi connectivity index (χ0) is 7.99. The van der Waals surface area contributed by atoms with Gasteiger partial charge in [0.2, 0.25) is 0 Å². The standard InChI is InChI=1S/C9H16S/c1-7-6-8(2,3)9(4,5)10-7/h6H,1-5H3. The van der Waals surface area contributed by atoms with Gasteiger partial charge in [0.15, 0.2) is 0 Å². The van der Waals surface area contributed by atoms with Crippen molar-refractivity contribution < 1.29 is 0 Å². The van der Waals surface area contributed by atoms with Crippen LogP contribution in [0.1, 0.15) is 34.6 Å². The number of allylic oxidation sites excluding steroid dienone is 2. The molecule has 0 atom stereocenters. The minimum absolute atomic E-state index is 0.363. The Bertz CT molecular complexity index is 175. The van der Waals surface area contributed by atoms with Gasteiger partial charge >= 0.3 is 0 Å². The average molecular weight is 156 g/mol. The molecule has 10 heavy (non-hydrogen) atoms. The molecule has 1 heteroatoms. The maximum Gasteiger partial charge on any atom is 0.0233 e. The maximum atomic E-state index is 2.37. The molecule has 0 aromatic rings. The van der Waals surface area contributed by atoms with E-state index in [0.717, 1.165) is 0 Å². The molecule has 0 radical (unpaired) electrons. The Hall–Kier alpha value is 0.0900. The first kappa shape index (κ1) is 8.19. The van der Waals surface area contributed by atoms with E-state index in [4.69, 9.17) is 0 Å². The highest BCUT2D eigenvalue weighted by molar-refractivity contribution is 8.04. The van der Waals surface area contributed by atoms with Gasteiger partial charge in [0.25, 0.3) is 0 Å². The molecule has 1 aliphatic heterocycles. The first-order valence-electron chi connectivity index (χ1n) is 3.74. The Labute approximate surface area is 68.1 Å². The van der Waals surface area contributed by atoms with E-state index in [-0.39, 0.29) is 0 Å². The second-order valence-electron chi connectivity index (χ2n) is 4.09. The molecule has 1 aliphatic rings. The Kier molecular flexibility index (Phi) is 1.67. The minimum atomic E-state index is 0.363. The zero-order valence-electron chi connectivity index (χ0n) is 7.49. The van der Waals surface area contributed by atoms with Gasteiger partial charge in [-0.05, 0) is 31.1 Å². The second-order valence-corrected chi connectivity index (χ2v) is 5.96. The van der Waals surface area contributed by atoms with Gasteiger partial charge in [-0.2, -0.15) is 0 Å². The van der Waals surface area contributed by atoms with Crippen molar-refractivity contribution in [2.24, 2.45) is 5.41 Å². The van der Waals surface area contributed by atoms with Gasteiger partial charge < -0.3 is 0 Å². The highest BCUT2D eigenvalue weighted by atomic mass is 32.2. The number of thioether (sulfide) groups is 1. The van der Waals surface area contributed by atoms with Crippen molar-refractivity contribution >= 4 is 11.8 Å². The normalized spacial score (nSPS) is 28.3. The molecule has 0 nitrogen and oxygen atoms in total. The maximum absolute atomic E-state index is 2.37. The second kappa shape index (κ2) is 2.04. The molecule has 0 bridgehead atoms. The topological polar surface area (TPSA) is 0 Å². The highest BCUT2D eigenvalue weighted by Gasteiger charge is 2.40. The summed E-state index contributed by atoms with van der Waals surface area (Å²) >= 11 is 1.99. The van der Waals surface area contributed by atoms with E-state index < -0.39 is 0 Å². The van der Waals surface area contributed by atoms with E-state index in [2.05, 4.69) is 40.7 Å². The molecule has 1 rings (SSSR count). The third kappa shape index (κ3) is 1.12. The lowest BCUT2D eigenvalue weighted by atomic mass is 9.80. The summed E-state index contributed by atoms with van der Waals surface area (Å²) in [5.41, 5.74) is 0.363. The molecule has 1 heterocycles. The molecule has 0 fully saturated rings. The minimum Gasteiger partial charge on any atom is -0.124 e. The smallest absolute Gasteiger partial charge is 0.0233 e. The molecule has 0 N–H and O–H groups in total. The Morgan fingerprint density at radius 3 is 1.80 bits per heavy atom. The Morgan fingerprint density at radius 1 is 1.20 bits per heavy atom. The van der Waals surface area contributed by atoms with Crippen LogP contribution in [0.5, 0.6) is 0 Å². The van der Waals surface area contributed by atoms with Gasteiger partial charge in [-0.1, -0.05) is 19.9 Å². The van der Waals surface area contributed by atoms with Crippen molar-refractivity contribution in [1.29, 1.82) is 0 Å². The fourth-order valence-corrected chi connectivity index (χ4v) is 2.73. The fourth-order valence-electron chi connectivity index (χ4n) is 1.25. The van der Waals surface area contributed by atoms with Crippen molar-refractivity contribution in [1.82, 2.24) is 0 Å². The van der Waals surface area contributed by atoms with E-state index in [1.165, 1.54) is 4.91 Å². The Morgan fingerprint density at radius 2 is 1.70 bits per heavy atom. The van der Waals surface area contributed by atoms with Crippen molar-refractivity contribution in [2.75, 3.05) is 0 Å². The van der Waals surface area contributed by atoms with Crippen molar-refractivity contribution in [3.8, 4) is 0 Å². The van der Waals surface area contributed by atoms with E-state index in [0.29, 0.717) is 10.2 Å². The van der Waals surface area contributed by atoms with Crippen LogP contribution in [0, 0.1) is 5.41 Å². The summed E-state index contributed by atoms with van der Waals surface area (Å²) in [6, 6.07) is 0. The molecule has 0 saturated heterocycles. The highest BCUT2D eigenvalue weighted by Crippen LogP contribution is 2.52. The van der Waals surface area contributed by atoms with E-state index >= 15 is 0 Å². The van der Waals surface area contributed by atoms with Gasteiger partial charge in [-0.15, -0.1) is 11.8 Å². The predicted molar refractivity (Wildman–Crippen MR) is 49.2 cm³/mol. The predicted octanol–water partition coefficient (Wildman–Crippen LogP) is 3.44. The molecule has 0 saturated carbocycles. The summed E-state index contributed by atoms with van der Waals surface area (Å²) in [6.07, 6.45) is 2.37. The quantitative estimate of drug-likeness (QED) is 0.517. The van der Waals surface area contributed by atoms with Gasteiger partial charge in [0.05, 0.1) is 0 Å². The van der Waals surface area contributed by atoms with Crippen LogP contribution >= 0.6 is 11.8 Å². The summed E-state index contributed by atoms with van der Waals surface area (Å²) < 4.78 is 0.386. The fraction of sp³-hybridized carbons (Fsp3) is 0.778. The lowest BCUT2D eigenvalue weighted by Gasteiger charge is -2.33. The van der Waals surface area contributed by atoms with E-state index in [9.17, 15) is 0 Å². The molecule has 0 unspecified atom stereocenters. The number of hydrogen-bond acceptors (Lipinski definition) is 1. The molecule has 0 aromatic heterocycles. The van der Waals surface area contributed by atoms with Gasteiger partial charge in [-0.25, -0.2) is 0 Å². The van der Waals surface area contributed by atoms with E-state index in [1.807, 2.05) is 11.8 Å². The van der Waals surface area contributed by atoms with E-state index in [1.54, 1.807) is 0 Å². The van der Waals surface area contributed by atoms with Crippen LogP contribution in [0.4, 0.5) is 0 Å². The first-order chi connectivity index (χ1) is 4.35. The number of rotatable bonds is 0. The molecular formula is C9H16S. The van der Waals surface area contributed by atoms with Crippen molar-refractivity contribution in [3.63, 3.8) is 0 Å². The van der Waals surface area contributed by atoms with Crippen LogP contribution in [0.15, 0.2) is 11.0 Å². The summed E-state index contributed by atoms with van der Waals surface area (Å²) in [4.78, 5) is 1.47. The van der Waals surface area contributed by atoms with Crippen molar-refractivity contribution in [3.05, 3.63) is 11.0 Å². The molecule has 0 amide bonds. The molecule has 0 aromatic carbocycles. The third-order valence-electron chi connectivity index (χ3n) is 2.53. The van der Waals surface area contributed by atoms with Crippen LogP contribution in [-0.4, -0.2) is 4.75 Å². The first-order valence-corrected chi connectivity index (χ1v) is 4.55. The monoisotopic (exact) mass is 156 g/mol. The SMILES string of the molecule is CC1=CC(C)(C)C(C)(C)S1. The van der Waals surface area contributed by atoms with Crippen LogP contribution < -0.4 is 0 Å². The van der Waals surface area contributed by atoms with Crippen molar-refractivity contribution in [2.45, 2.75) is 39.4 Å².